The van der Waals surface area contributed by atoms with Crippen LogP contribution in [-0.2, 0) is 6.42 Å². The second-order valence-electron chi connectivity index (χ2n) is 6.64. The molecule has 21 heavy (non-hydrogen) atoms. The van der Waals surface area contributed by atoms with E-state index in [-0.39, 0.29) is 0 Å². The Hall–Kier alpha value is -1.62. The number of H-pyrrole nitrogens is 1. The first-order valence-corrected chi connectivity index (χ1v) is 8.10. The molecular weight excluding hydrogens is 262 g/mol. The molecule has 2 atom stereocenters. The quantitative estimate of drug-likeness (QED) is 0.807. The maximum absolute atomic E-state index is 4.51. The van der Waals surface area contributed by atoms with Gasteiger partial charge in [0.25, 0.3) is 0 Å². The Balaban J connectivity index is 1.59. The predicted molar refractivity (Wildman–Crippen MR) is 84.4 cm³/mol. The molecule has 0 spiro atoms. The molecule has 0 bridgehead atoms. The van der Waals surface area contributed by atoms with Crippen LogP contribution >= 0.6 is 0 Å². The minimum atomic E-state index is 0.461. The Morgan fingerprint density at radius 3 is 2.90 bits per heavy atom. The van der Waals surface area contributed by atoms with Crippen molar-refractivity contribution < 1.29 is 0 Å². The third kappa shape index (κ3) is 2.75. The molecule has 0 aromatic carbocycles. The van der Waals surface area contributed by atoms with Crippen LogP contribution in [0.3, 0.4) is 0 Å². The van der Waals surface area contributed by atoms with Gasteiger partial charge in [-0.05, 0) is 50.5 Å². The van der Waals surface area contributed by atoms with Crippen LogP contribution in [0.1, 0.15) is 38.2 Å². The monoisotopic (exact) mass is 285 g/mol. The van der Waals surface area contributed by atoms with E-state index in [0.717, 1.165) is 30.3 Å². The summed E-state index contributed by atoms with van der Waals surface area (Å²) in [5.74, 6) is 1.87. The lowest BCUT2D eigenvalue weighted by molar-refractivity contribution is 0.398. The Labute approximate surface area is 124 Å². The number of aromatic amines is 1. The van der Waals surface area contributed by atoms with Gasteiger partial charge < -0.3 is 15.6 Å². The molecule has 2 fully saturated rings. The molecule has 0 amide bonds. The molecule has 112 valence electrons. The second kappa shape index (κ2) is 5.30. The number of aromatic nitrogens is 3. The summed E-state index contributed by atoms with van der Waals surface area (Å²) in [6.45, 7) is 3.26. The van der Waals surface area contributed by atoms with Crippen molar-refractivity contribution in [2.45, 2.75) is 51.1 Å². The molecule has 4 rings (SSSR count). The fraction of sp³-hybridized carbons (Fsp3) is 0.625. The summed E-state index contributed by atoms with van der Waals surface area (Å²) in [4.78, 5) is 12.2. The van der Waals surface area contributed by atoms with Crippen molar-refractivity contribution in [1.82, 2.24) is 20.3 Å². The van der Waals surface area contributed by atoms with Crippen LogP contribution in [0.15, 0.2) is 12.5 Å². The third-order valence-corrected chi connectivity index (χ3v) is 4.76. The van der Waals surface area contributed by atoms with E-state index in [1.807, 2.05) is 0 Å². The van der Waals surface area contributed by atoms with Gasteiger partial charge in [0, 0.05) is 24.8 Å². The first kappa shape index (κ1) is 13.1. The lowest BCUT2D eigenvalue weighted by Crippen LogP contribution is -2.43. The Morgan fingerprint density at radius 1 is 1.24 bits per heavy atom. The number of hydrogen-bond donors (Lipinski definition) is 3. The van der Waals surface area contributed by atoms with Crippen molar-refractivity contribution in [3.63, 3.8) is 0 Å². The first-order chi connectivity index (χ1) is 10.3. The van der Waals surface area contributed by atoms with E-state index >= 15 is 0 Å². The normalized spacial score (nSPS) is 26.1. The third-order valence-electron chi connectivity index (χ3n) is 4.76. The van der Waals surface area contributed by atoms with Gasteiger partial charge in [-0.1, -0.05) is 0 Å². The van der Waals surface area contributed by atoms with Crippen molar-refractivity contribution in [2.75, 3.05) is 11.9 Å². The van der Waals surface area contributed by atoms with E-state index < -0.39 is 0 Å². The second-order valence-corrected chi connectivity index (χ2v) is 6.64. The average Bonchev–Trinajstić information content (AvgIpc) is 3.21. The maximum atomic E-state index is 4.51. The fourth-order valence-electron chi connectivity index (χ4n) is 3.25. The summed E-state index contributed by atoms with van der Waals surface area (Å²) in [7, 11) is 0. The number of nitrogens with one attached hydrogen (secondary N) is 3. The fourth-order valence-corrected chi connectivity index (χ4v) is 3.25. The Morgan fingerprint density at radius 2 is 2.14 bits per heavy atom. The van der Waals surface area contributed by atoms with Crippen LogP contribution in [0.25, 0.3) is 11.0 Å². The van der Waals surface area contributed by atoms with E-state index in [1.54, 1.807) is 6.33 Å². The standard InChI is InChI=1S/C16H23N5/c1-10-2-5-13(8-17-10)21-16-14-12(6-11-3-4-11)7-18-15(14)19-9-20-16/h7,9-11,13,17H,2-6,8H2,1H3,(H2,18,19,20,21). The summed E-state index contributed by atoms with van der Waals surface area (Å²) in [6.07, 6.45) is 10.1. The number of fused-ring (bicyclic) bond motifs is 1. The van der Waals surface area contributed by atoms with E-state index in [0.29, 0.717) is 12.1 Å². The summed E-state index contributed by atoms with van der Waals surface area (Å²) in [5.41, 5.74) is 2.33. The van der Waals surface area contributed by atoms with Crippen molar-refractivity contribution in [1.29, 1.82) is 0 Å². The smallest absolute Gasteiger partial charge is 0.143 e. The van der Waals surface area contributed by atoms with E-state index in [1.165, 1.54) is 36.6 Å². The van der Waals surface area contributed by atoms with Crippen molar-refractivity contribution in [3.8, 4) is 0 Å². The molecule has 5 heteroatoms. The lowest BCUT2D eigenvalue weighted by Gasteiger charge is -2.28. The van der Waals surface area contributed by atoms with Crippen LogP contribution in [0.5, 0.6) is 0 Å². The van der Waals surface area contributed by atoms with Gasteiger partial charge in [-0.15, -0.1) is 0 Å². The molecule has 1 aliphatic heterocycles. The van der Waals surface area contributed by atoms with Crippen LogP contribution in [0.2, 0.25) is 0 Å². The highest BCUT2D eigenvalue weighted by atomic mass is 15.1. The predicted octanol–water partition coefficient (Wildman–Crippen LogP) is 2.46. The topological polar surface area (TPSA) is 65.6 Å². The summed E-state index contributed by atoms with van der Waals surface area (Å²) < 4.78 is 0. The Bertz CT molecular complexity index is 623. The van der Waals surface area contributed by atoms with Crippen LogP contribution in [-0.4, -0.2) is 33.6 Å². The van der Waals surface area contributed by atoms with Crippen molar-refractivity contribution in [2.24, 2.45) is 5.92 Å². The molecular formula is C16H23N5. The SMILES string of the molecule is CC1CCC(Nc2ncnc3[nH]cc(CC4CC4)c23)CN1. The largest absolute Gasteiger partial charge is 0.365 e. The van der Waals surface area contributed by atoms with E-state index in [2.05, 4.69) is 38.7 Å². The number of piperidine rings is 1. The summed E-state index contributed by atoms with van der Waals surface area (Å²) in [5, 5.41) is 8.37. The molecule has 1 saturated heterocycles. The molecule has 3 heterocycles. The molecule has 2 aromatic rings. The van der Waals surface area contributed by atoms with Gasteiger partial charge in [-0.2, -0.15) is 0 Å². The minimum absolute atomic E-state index is 0.461. The van der Waals surface area contributed by atoms with Gasteiger partial charge in [-0.3, -0.25) is 0 Å². The maximum Gasteiger partial charge on any atom is 0.143 e. The summed E-state index contributed by atoms with van der Waals surface area (Å²) in [6, 6.07) is 1.09. The van der Waals surface area contributed by atoms with Gasteiger partial charge in [0.2, 0.25) is 0 Å². The number of nitrogens with zero attached hydrogens (tertiary/aromatic N) is 2. The van der Waals surface area contributed by atoms with Gasteiger partial charge in [-0.25, -0.2) is 9.97 Å². The highest BCUT2D eigenvalue weighted by Gasteiger charge is 2.25. The first-order valence-electron chi connectivity index (χ1n) is 8.10. The van der Waals surface area contributed by atoms with E-state index in [4.69, 9.17) is 0 Å². The molecule has 1 aliphatic carbocycles. The van der Waals surface area contributed by atoms with Gasteiger partial charge in [0.05, 0.1) is 5.39 Å². The number of anilines is 1. The molecule has 2 unspecified atom stereocenters. The van der Waals surface area contributed by atoms with Gasteiger partial charge >= 0.3 is 0 Å². The molecule has 2 aromatic heterocycles. The van der Waals surface area contributed by atoms with Gasteiger partial charge in [0.15, 0.2) is 0 Å². The molecule has 1 saturated carbocycles. The zero-order chi connectivity index (χ0) is 14.2. The van der Waals surface area contributed by atoms with Crippen molar-refractivity contribution >= 4 is 16.9 Å². The molecule has 0 radical (unpaired) electrons. The van der Waals surface area contributed by atoms with Crippen molar-refractivity contribution in [3.05, 3.63) is 18.1 Å². The lowest BCUT2D eigenvalue weighted by atomic mass is 10.0. The van der Waals surface area contributed by atoms with Crippen LogP contribution < -0.4 is 10.6 Å². The zero-order valence-corrected chi connectivity index (χ0v) is 12.5. The number of rotatable bonds is 4. The summed E-state index contributed by atoms with van der Waals surface area (Å²) >= 11 is 0. The highest BCUT2D eigenvalue weighted by molar-refractivity contribution is 5.90. The number of hydrogen-bond acceptors (Lipinski definition) is 4. The average molecular weight is 285 g/mol. The highest BCUT2D eigenvalue weighted by Crippen LogP contribution is 2.35. The van der Waals surface area contributed by atoms with Crippen LogP contribution in [0.4, 0.5) is 5.82 Å². The van der Waals surface area contributed by atoms with Gasteiger partial charge in [0.1, 0.15) is 17.8 Å². The molecule has 3 N–H and O–H groups in total. The Kier molecular flexibility index (Phi) is 3.30. The van der Waals surface area contributed by atoms with Crippen LogP contribution in [0, 0.1) is 5.92 Å². The van der Waals surface area contributed by atoms with E-state index in [9.17, 15) is 0 Å². The zero-order valence-electron chi connectivity index (χ0n) is 12.5. The molecule has 2 aliphatic rings. The minimum Gasteiger partial charge on any atom is -0.365 e. The molecule has 5 nitrogen and oxygen atoms in total.